The van der Waals surface area contributed by atoms with Crippen molar-refractivity contribution in [1.29, 1.82) is 0 Å². The Balaban J connectivity index is 0.00000176. The quantitative estimate of drug-likeness (QED) is 0.777. The molecule has 3 aliphatic rings. The highest BCUT2D eigenvalue weighted by molar-refractivity contribution is 5.89. The molecule has 0 aromatic rings. The highest BCUT2D eigenvalue weighted by Gasteiger charge is 2.37. The first-order chi connectivity index (χ1) is 10.3. The second kappa shape index (κ2) is 8.13. The van der Waals surface area contributed by atoms with Crippen molar-refractivity contribution in [3.63, 3.8) is 0 Å². The summed E-state index contributed by atoms with van der Waals surface area (Å²) < 4.78 is 5.49. The molecule has 3 aliphatic heterocycles. The molecule has 7 heteroatoms. The number of nitrogens with one attached hydrogen (secondary N) is 2. The van der Waals surface area contributed by atoms with Crippen LogP contribution in [0.1, 0.15) is 32.1 Å². The summed E-state index contributed by atoms with van der Waals surface area (Å²) in [4.78, 5) is 26.7. The average Bonchev–Trinajstić information content (AvgIpc) is 2.99. The molecule has 2 unspecified atom stereocenters. The molecule has 2 atom stereocenters. The molecule has 0 saturated carbocycles. The first-order valence-corrected chi connectivity index (χ1v) is 8.16. The molecule has 0 radical (unpaired) electrons. The second-order valence-corrected chi connectivity index (χ2v) is 6.31. The summed E-state index contributed by atoms with van der Waals surface area (Å²) in [5.74, 6) is 0.561. The molecule has 2 amide bonds. The summed E-state index contributed by atoms with van der Waals surface area (Å²) in [5, 5.41) is 6.21. The Morgan fingerprint density at radius 3 is 2.64 bits per heavy atom. The highest BCUT2D eigenvalue weighted by atomic mass is 35.5. The van der Waals surface area contributed by atoms with Gasteiger partial charge in [0.15, 0.2) is 0 Å². The third-order valence-corrected chi connectivity index (χ3v) is 4.72. The number of hydrogen-bond acceptors (Lipinski definition) is 4. The van der Waals surface area contributed by atoms with E-state index < -0.39 is 0 Å². The van der Waals surface area contributed by atoms with Crippen LogP contribution in [0.5, 0.6) is 0 Å². The number of nitrogens with zero attached hydrogens (tertiary/aromatic N) is 1. The fourth-order valence-electron chi connectivity index (χ4n) is 3.28. The number of likely N-dealkylation sites (tertiary alicyclic amines) is 1. The predicted octanol–water partition coefficient (Wildman–Crippen LogP) is 0.304. The highest BCUT2D eigenvalue weighted by Crippen LogP contribution is 2.22. The lowest BCUT2D eigenvalue weighted by Gasteiger charge is -2.36. The van der Waals surface area contributed by atoms with E-state index in [1.165, 1.54) is 0 Å². The fraction of sp³-hybridized carbons (Fsp3) is 0.867. The van der Waals surface area contributed by atoms with Gasteiger partial charge in [-0.2, -0.15) is 0 Å². The van der Waals surface area contributed by atoms with Crippen LogP contribution in [0.3, 0.4) is 0 Å². The third kappa shape index (κ3) is 3.91. The normalized spacial score (nSPS) is 28.6. The van der Waals surface area contributed by atoms with Crippen LogP contribution in [0.25, 0.3) is 0 Å². The van der Waals surface area contributed by atoms with Crippen LogP contribution in [0.2, 0.25) is 0 Å². The van der Waals surface area contributed by atoms with E-state index in [0.717, 1.165) is 45.2 Å². The van der Waals surface area contributed by atoms with Crippen LogP contribution in [0.15, 0.2) is 0 Å². The lowest BCUT2D eigenvalue weighted by Crippen LogP contribution is -2.56. The molecule has 0 aromatic carbocycles. The van der Waals surface area contributed by atoms with Gasteiger partial charge in [0, 0.05) is 38.7 Å². The molecule has 3 heterocycles. The van der Waals surface area contributed by atoms with Crippen molar-refractivity contribution in [1.82, 2.24) is 15.5 Å². The summed E-state index contributed by atoms with van der Waals surface area (Å²) in [6, 6.07) is -0.302. The minimum Gasteiger partial charge on any atom is -0.368 e. The third-order valence-electron chi connectivity index (χ3n) is 4.72. The zero-order valence-electron chi connectivity index (χ0n) is 12.9. The van der Waals surface area contributed by atoms with Gasteiger partial charge in [0.25, 0.3) is 5.91 Å². The molecule has 22 heavy (non-hydrogen) atoms. The van der Waals surface area contributed by atoms with Crippen LogP contribution in [-0.4, -0.2) is 61.6 Å². The number of piperidine rings is 1. The van der Waals surface area contributed by atoms with E-state index in [-0.39, 0.29) is 36.4 Å². The minimum absolute atomic E-state index is 0. The lowest BCUT2D eigenvalue weighted by molar-refractivity contribution is -0.149. The largest absolute Gasteiger partial charge is 0.368 e. The van der Waals surface area contributed by atoms with Gasteiger partial charge in [-0.05, 0) is 32.1 Å². The van der Waals surface area contributed by atoms with E-state index >= 15 is 0 Å². The van der Waals surface area contributed by atoms with E-state index in [0.29, 0.717) is 25.6 Å². The van der Waals surface area contributed by atoms with Crippen LogP contribution in [0, 0.1) is 5.92 Å². The molecule has 0 aliphatic carbocycles. The Morgan fingerprint density at radius 2 is 2.00 bits per heavy atom. The summed E-state index contributed by atoms with van der Waals surface area (Å²) in [6.45, 7) is 4.01. The molecule has 3 rings (SSSR count). The van der Waals surface area contributed by atoms with E-state index in [2.05, 4.69) is 10.6 Å². The van der Waals surface area contributed by atoms with Crippen LogP contribution >= 0.6 is 12.4 Å². The summed E-state index contributed by atoms with van der Waals surface area (Å²) >= 11 is 0. The van der Waals surface area contributed by atoms with E-state index in [1.54, 1.807) is 4.90 Å². The van der Waals surface area contributed by atoms with Crippen molar-refractivity contribution in [2.75, 3.05) is 32.8 Å². The maximum atomic E-state index is 12.5. The zero-order valence-corrected chi connectivity index (χ0v) is 13.7. The summed E-state index contributed by atoms with van der Waals surface area (Å²) in [5.41, 5.74) is 0. The van der Waals surface area contributed by atoms with Gasteiger partial charge in [0.1, 0.15) is 12.1 Å². The van der Waals surface area contributed by atoms with Gasteiger partial charge < -0.3 is 20.3 Å². The maximum absolute atomic E-state index is 12.5. The first kappa shape index (κ1) is 17.5. The van der Waals surface area contributed by atoms with Crippen LogP contribution < -0.4 is 10.6 Å². The number of carbonyl (C=O) groups is 2. The van der Waals surface area contributed by atoms with Gasteiger partial charge in [0.05, 0.1) is 0 Å². The van der Waals surface area contributed by atoms with Crippen molar-refractivity contribution < 1.29 is 14.3 Å². The Kier molecular flexibility index (Phi) is 6.47. The van der Waals surface area contributed by atoms with Crippen molar-refractivity contribution in [2.45, 2.75) is 44.2 Å². The zero-order chi connectivity index (χ0) is 14.7. The summed E-state index contributed by atoms with van der Waals surface area (Å²) in [7, 11) is 0. The Hall–Kier alpha value is -0.850. The smallest absolute Gasteiger partial charge is 0.252 e. The maximum Gasteiger partial charge on any atom is 0.252 e. The monoisotopic (exact) mass is 331 g/mol. The number of ether oxygens (including phenoxy) is 1. The molecule has 2 N–H and O–H groups in total. The minimum atomic E-state index is -0.325. The van der Waals surface area contributed by atoms with Gasteiger partial charge in [-0.1, -0.05) is 0 Å². The van der Waals surface area contributed by atoms with Crippen molar-refractivity contribution in [3.8, 4) is 0 Å². The van der Waals surface area contributed by atoms with Crippen LogP contribution in [0.4, 0.5) is 0 Å². The number of amides is 2. The molecule has 0 spiro atoms. The molecule has 3 saturated heterocycles. The molecule has 0 bridgehead atoms. The van der Waals surface area contributed by atoms with Gasteiger partial charge in [-0.25, -0.2) is 0 Å². The predicted molar refractivity (Wildman–Crippen MR) is 84.9 cm³/mol. The number of hydrogen-bond donors (Lipinski definition) is 2. The number of rotatable bonds is 4. The second-order valence-electron chi connectivity index (χ2n) is 6.31. The number of carbonyl (C=O) groups excluding carboxylic acids is 2. The van der Waals surface area contributed by atoms with E-state index in [9.17, 15) is 9.59 Å². The Labute approximate surface area is 137 Å². The van der Waals surface area contributed by atoms with Crippen molar-refractivity contribution in [3.05, 3.63) is 0 Å². The molecule has 3 fully saturated rings. The molecular weight excluding hydrogens is 306 g/mol. The summed E-state index contributed by atoms with van der Waals surface area (Å²) in [6.07, 6.45) is 4.17. The van der Waals surface area contributed by atoms with Gasteiger partial charge >= 0.3 is 0 Å². The molecule has 126 valence electrons. The van der Waals surface area contributed by atoms with Gasteiger partial charge in [0.2, 0.25) is 5.91 Å². The number of halogens is 1. The standard InChI is InChI=1S/C15H25N3O3.ClH/c19-14(17-10-11-8-16-9-11)12-4-1-2-6-18(12)15(20)13-5-3-7-21-13;/h11-13,16H,1-10H2,(H,17,19);1H. The van der Waals surface area contributed by atoms with Crippen LogP contribution in [-0.2, 0) is 14.3 Å². The van der Waals surface area contributed by atoms with Gasteiger partial charge in [-0.3, -0.25) is 9.59 Å². The van der Waals surface area contributed by atoms with Gasteiger partial charge in [-0.15, -0.1) is 12.4 Å². The van der Waals surface area contributed by atoms with Crippen molar-refractivity contribution >= 4 is 24.2 Å². The molecular formula is C15H26ClN3O3. The Morgan fingerprint density at radius 1 is 1.18 bits per heavy atom. The van der Waals surface area contributed by atoms with E-state index in [4.69, 9.17) is 4.74 Å². The SMILES string of the molecule is Cl.O=C(NCC1CNC1)C1CCCCN1C(=O)C1CCCO1. The lowest BCUT2D eigenvalue weighted by atomic mass is 9.99. The molecule has 6 nitrogen and oxygen atoms in total. The first-order valence-electron chi connectivity index (χ1n) is 8.16. The topological polar surface area (TPSA) is 70.7 Å². The Bertz CT molecular complexity index is 397. The molecule has 0 aromatic heterocycles. The fourth-order valence-corrected chi connectivity index (χ4v) is 3.28. The average molecular weight is 332 g/mol. The van der Waals surface area contributed by atoms with Crippen molar-refractivity contribution in [2.24, 2.45) is 5.92 Å². The van der Waals surface area contributed by atoms with E-state index in [1.807, 2.05) is 0 Å².